The zero-order valence-electron chi connectivity index (χ0n) is 19.9. The molecule has 0 bridgehead atoms. The smallest absolute Gasteiger partial charge is 0.328 e. The van der Waals surface area contributed by atoms with E-state index in [1.54, 1.807) is 13.0 Å². The third-order valence-corrected chi connectivity index (χ3v) is 6.39. The molecule has 174 valence electrons. The van der Waals surface area contributed by atoms with Gasteiger partial charge in [-0.3, -0.25) is 4.79 Å². The Balaban J connectivity index is 1.88. The van der Waals surface area contributed by atoms with Crippen molar-refractivity contribution in [1.29, 1.82) is 5.26 Å². The van der Waals surface area contributed by atoms with Gasteiger partial charge in [-0.15, -0.1) is 0 Å². The highest BCUT2D eigenvalue weighted by atomic mass is 16.5. The molecular formula is C27H28N4O3. The molecule has 2 aromatic heterocycles. The van der Waals surface area contributed by atoms with Gasteiger partial charge in [0.15, 0.2) is 0 Å². The molecule has 3 aromatic rings. The molecule has 34 heavy (non-hydrogen) atoms. The average Bonchev–Trinajstić information content (AvgIpc) is 3.14. The van der Waals surface area contributed by atoms with Crippen LogP contribution in [0.3, 0.4) is 0 Å². The number of fused-ring (bicyclic) bond motifs is 2. The lowest BCUT2D eigenvalue weighted by Gasteiger charge is -2.28. The number of nitriles is 1. The number of hydrogen-bond donors (Lipinski definition) is 1. The van der Waals surface area contributed by atoms with Crippen LogP contribution in [0.2, 0.25) is 0 Å². The molecule has 2 heterocycles. The number of nitrogens with one attached hydrogen (secondary N) is 1. The second-order valence-electron chi connectivity index (χ2n) is 8.71. The fourth-order valence-corrected chi connectivity index (χ4v) is 4.90. The summed E-state index contributed by atoms with van der Waals surface area (Å²) < 4.78 is 6.79. The van der Waals surface area contributed by atoms with Crippen molar-refractivity contribution in [2.45, 2.75) is 52.1 Å². The molecule has 7 nitrogen and oxygen atoms in total. The number of rotatable bonds is 5. The summed E-state index contributed by atoms with van der Waals surface area (Å²) in [7, 11) is 1.28. The molecule has 0 fully saturated rings. The number of pyridine rings is 1. The van der Waals surface area contributed by atoms with Crippen LogP contribution in [0.5, 0.6) is 0 Å². The molecule has 1 amide bonds. The van der Waals surface area contributed by atoms with Gasteiger partial charge in [0.2, 0.25) is 5.91 Å². The van der Waals surface area contributed by atoms with Gasteiger partial charge in [0.1, 0.15) is 17.8 Å². The minimum atomic E-state index is -0.778. The van der Waals surface area contributed by atoms with Gasteiger partial charge >= 0.3 is 5.97 Å². The molecule has 1 N–H and O–H groups in total. The van der Waals surface area contributed by atoms with Crippen molar-refractivity contribution in [3.8, 4) is 6.07 Å². The number of aryl methyl sites for hydroxylation is 3. The Morgan fingerprint density at radius 1 is 1.32 bits per heavy atom. The standard InChI is InChI=1S/C27H28N4O3/c1-16-14-17(2)29-26-25(16)21(15-28)23(12-13-24(32)30-18(3)27(33)34-4)31(26)22-11-7-9-19-8-5-6-10-20(19)22/h5-6,8,10,12-14,18,22H,7,9,11H2,1-4H3,(H,30,32)/b13-12+/t18-,22+/m1/s1. The highest BCUT2D eigenvalue weighted by Gasteiger charge is 2.28. The number of hydrogen-bond acceptors (Lipinski definition) is 5. The molecule has 2 atom stereocenters. The highest BCUT2D eigenvalue weighted by molar-refractivity contribution is 5.97. The van der Waals surface area contributed by atoms with E-state index < -0.39 is 17.9 Å². The molecule has 0 saturated heterocycles. The largest absolute Gasteiger partial charge is 0.467 e. The first kappa shape index (κ1) is 23.2. The maximum absolute atomic E-state index is 12.6. The minimum Gasteiger partial charge on any atom is -0.467 e. The van der Waals surface area contributed by atoms with E-state index in [-0.39, 0.29) is 6.04 Å². The van der Waals surface area contributed by atoms with E-state index in [1.165, 1.54) is 24.3 Å². The maximum atomic E-state index is 12.6. The van der Waals surface area contributed by atoms with E-state index in [0.717, 1.165) is 41.6 Å². The summed E-state index contributed by atoms with van der Waals surface area (Å²) in [5.41, 5.74) is 6.24. The van der Waals surface area contributed by atoms with E-state index in [9.17, 15) is 14.9 Å². The Hall–Kier alpha value is -3.92. The average molecular weight is 457 g/mol. The van der Waals surface area contributed by atoms with Crippen LogP contribution in [-0.2, 0) is 20.7 Å². The Labute approximate surface area is 199 Å². The second-order valence-corrected chi connectivity index (χ2v) is 8.71. The lowest BCUT2D eigenvalue weighted by molar-refractivity contribution is -0.144. The predicted molar refractivity (Wildman–Crippen MR) is 130 cm³/mol. The van der Waals surface area contributed by atoms with E-state index in [2.05, 4.69) is 38.9 Å². The quantitative estimate of drug-likeness (QED) is 0.460. The SMILES string of the molecule is COC(=O)[C@@H](C)NC(=O)/C=C/c1c(C#N)c2c(C)cc(C)nc2n1[C@H]1CCCc2ccccc21. The van der Waals surface area contributed by atoms with Crippen LogP contribution in [-0.4, -0.2) is 34.6 Å². The van der Waals surface area contributed by atoms with Crippen molar-refractivity contribution in [2.75, 3.05) is 7.11 Å². The first-order chi connectivity index (χ1) is 16.3. The molecule has 7 heteroatoms. The lowest BCUT2D eigenvalue weighted by atomic mass is 9.87. The number of methoxy groups -OCH3 is 1. The predicted octanol–water partition coefficient (Wildman–Crippen LogP) is 4.14. The van der Waals surface area contributed by atoms with Crippen LogP contribution in [0.25, 0.3) is 17.1 Å². The maximum Gasteiger partial charge on any atom is 0.328 e. The topological polar surface area (TPSA) is 97.0 Å². The molecular weight excluding hydrogens is 428 g/mol. The Morgan fingerprint density at radius 3 is 2.82 bits per heavy atom. The third-order valence-electron chi connectivity index (χ3n) is 6.39. The molecule has 1 aliphatic rings. The van der Waals surface area contributed by atoms with Gasteiger partial charge in [0.25, 0.3) is 0 Å². The summed E-state index contributed by atoms with van der Waals surface area (Å²) in [6, 6.07) is 11.9. The Bertz CT molecular complexity index is 1350. The molecule has 4 rings (SSSR count). The van der Waals surface area contributed by atoms with E-state index >= 15 is 0 Å². The van der Waals surface area contributed by atoms with Crippen molar-refractivity contribution in [3.05, 3.63) is 70.0 Å². The summed E-state index contributed by atoms with van der Waals surface area (Å²) in [5, 5.41) is 13.5. The summed E-state index contributed by atoms with van der Waals surface area (Å²) >= 11 is 0. The summed E-state index contributed by atoms with van der Waals surface area (Å²) in [4.78, 5) is 29.1. The van der Waals surface area contributed by atoms with Gasteiger partial charge in [-0.1, -0.05) is 24.3 Å². The number of esters is 1. The van der Waals surface area contributed by atoms with Crippen LogP contribution in [0, 0.1) is 25.2 Å². The Kier molecular flexibility index (Phi) is 6.51. The van der Waals surface area contributed by atoms with Crippen molar-refractivity contribution in [2.24, 2.45) is 0 Å². The number of carbonyl (C=O) groups excluding carboxylic acids is 2. The fraction of sp³-hybridized carbons (Fsp3) is 0.333. The van der Waals surface area contributed by atoms with Crippen LogP contribution < -0.4 is 5.32 Å². The molecule has 1 aliphatic carbocycles. The van der Waals surface area contributed by atoms with Gasteiger partial charge in [-0.2, -0.15) is 5.26 Å². The monoisotopic (exact) mass is 456 g/mol. The van der Waals surface area contributed by atoms with E-state index in [4.69, 9.17) is 4.98 Å². The zero-order valence-corrected chi connectivity index (χ0v) is 19.9. The number of benzene rings is 1. The second kappa shape index (κ2) is 9.52. The number of ether oxygens (including phenoxy) is 1. The number of aromatic nitrogens is 2. The first-order valence-electron chi connectivity index (χ1n) is 11.4. The number of amides is 1. The van der Waals surface area contributed by atoms with Gasteiger partial charge in [-0.05, 0) is 68.9 Å². The minimum absolute atomic E-state index is 0.0000426. The Morgan fingerprint density at radius 2 is 2.09 bits per heavy atom. The zero-order chi connectivity index (χ0) is 24.4. The molecule has 0 saturated carbocycles. The van der Waals surface area contributed by atoms with Gasteiger partial charge in [0.05, 0.1) is 24.4 Å². The van der Waals surface area contributed by atoms with E-state index in [0.29, 0.717) is 11.3 Å². The molecule has 0 radical (unpaired) electrons. The normalized spacial score (nSPS) is 16.1. The summed E-state index contributed by atoms with van der Waals surface area (Å²) in [5.74, 6) is -0.966. The van der Waals surface area contributed by atoms with Crippen LogP contribution in [0.4, 0.5) is 0 Å². The lowest BCUT2D eigenvalue weighted by Crippen LogP contribution is -2.38. The van der Waals surface area contributed by atoms with Gasteiger partial charge in [-0.25, -0.2) is 9.78 Å². The summed E-state index contributed by atoms with van der Waals surface area (Å²) in [6.45, 7) is 5.49. The van der Waals surface area contributed by atoms with Crippen molar-refractivity contribution >= 4 is 29.0 Å². The number of carbonyl (C=O) groups is 2. The molecule has 1 aromatic carbocycles. The van der Waals surface area contributed by atoms with Crippen LogP contribution in [0.1, 0.15) is 59.4 Å². The van der Waals surface area contributed by atoms with E-state index in [1.807, 2.05) is 26.0 Å². The van der Waals surface area contributed by atoms with Gasteiger partial charge in [0, 0.05) is 17.2 Å². The molecule has 0 aliphatic heterocycles. The van der Waals surface area contributed by atoms with Crippen molar-refractivity contribution in [3.63, 3.8) is 0 Å². The fourth-order valence-electron chi connectivity index (χ4n) is 4.90. The number of nitrogens with zero attached hydrogens (tertiary/aromatic N) is 3. The van der Waals surface area contributed by atoms with Crippen molar-refractivity contribution < 1.29 is 14.3 Å². The van der Waals surface area contributed by atoms with Crippen LogP contribution >= 0.6 is 0 Å². The highest BCUT2D eigenvalue weighted by Crippen LogP contribution is 2.39. The molecule has 0 unspecified atom stereocenters. The van der Waals surface area contributed by atoms with Gasteiger partial charge < -0.3 is 14.6 Å². The summed E-state index contributed by atoms with van der Waals surface area (Å²) in [6.07, 6.45) is 5.97. The molecule has 0 spiro atoms. The van der Waals surface area contributed by atoms with Crippen molar-refractivity contribution in [1.82, 2.24) is 14.9 Å². The first-order valence-corrected chi connectivity index (χ1v) is 11.4. The third kappa shape index (κ3) is 4.19. The van der Waals surface area contributed by atoms with Crippen LogP contribution in [0.15, 0.2) is 36.4 Å².